The van der Waals surface area contributed by atoms with Crippen LogP contribution in [0.3, 0.4) is 0 Å². The maximum absolute atomic E-state index is 14.8. The molecule has 0 spiro atoms. The van der Waals surface area contributed by atoms with E-state index in [4.69, 9.17) is 4.74 Å². The number of halogens is 3. The SMILES string of the molecule is COc1cc2ncc(-c3nc(NC4CNCC4F)c(F)cc3F)n2nc1N1CCCS1(=O)=O. The first-order chi connectivity index (χ1) is 15.8. The minimum Gasteiger partial charge on any atom is -0.493 e. The Bertz CT molecular complexity index is 1330. The van der Waals surface area contributed by atoms with E-state index in [0.29, 0.717) is 12.5 Å². The summed E-state index contributed by atoms with van der Waals surface area (Å²) >= 11 is 0. The second kappa shape index (κ2) is 8.02. The number of fused-ring (bicyclic) bond motifs is 1. The van der Waals surface area contributed by atoms with E-state index in [0.717, 1.165) is 4.31 Å². The second-order valence-electron chi connectivity index (χ2n) is 7.77. The zero-order chi connectivity index (χ0) is 23.3. The minimum atomic E-state index is -3.57. The maximum Gasteiger partial charge on any atom is 0.236 e. The number of nitrogens with one attached hydrogen (secondary N) is 2. The Labute approximate surface area is 186 Å². The lowest BCUT2D eigenvalue weighted by molar-refractivity contribution is 0.341. The van der Waals surface area contributed by atoms with Crippen LogP contribution in [0, 0.1) is 11.6 Å². The van der Waals surface area contributed by atoms with Crippen LogP contribution in [-0.4, -0.2) is 72.7 Å². The topological polar surface area (TPSA) is 114 Å². The molecule has 33 heavy (non-hydrogen) atoms. The highest BCUT2D eigenvalue weighted by Gasteiger charge is 2.33. The van der Waals surface area contributed by atoms with Crippen LogP contribution in [0.25, 0.3) is 17.0 Å². The number of anilines is 2. The number of ether oxygens (including phenoxy) is 1. The number of imidazole rings is 1. The molecular weight excluding hydrogens is 463 g/mol. The molecule has 0 radical (unpaired) electrons. The first kappa shape index (κ1) is 21.7. The van der Waals surface area contributed by atoms with Gasteiger partial charge in [0.15, 0.2) is 28.8 Å². The van der Waals surface area contributed by atoms with Gasteiger partial charge in [0.2, 0.25) is 15.8 Å². The van der Waals surface area contributed by atoms with Gasteiger partial charge in [-0.05, 0) is 6.42 Å². The Kier molecular flexibility index (Phi) is 5.28. The fourth-order valence-electron chi connectivity index (χ4n) is 3.96. The molecule has 0 aliphatic carbocycles. The summed E-state index contributed by atoms with van der Waals surface area (Å²) in [5, 5.41) is 9.87. The van der Waals surface area contributed by atoms with Crippen LogP contribution in [0.4, 0.5) is 24.8 Å². The van der Waals surface area contributed by atoms with E-state index < -0.39 is 33.9 Å². The molecule has 10 nitrogen and oxygen atoms in total. The van der Waals surface area contributed by atoms with Crippen LogP contribution in [0.5, 0.6) is 5.75 Å². The molecule has 2 atom stereocenters. The van der Waals surface area contributed by atoms with Crippen molar-refractivity contribution in [3.63, 3.8) is 0 Å². The van der Waals surface area contributed by atoms with Gasteiger partial charge in [-0.1, -0.05) is 0 Å². The quantitative estimate of drug-likeness (QED) is 0.559. The van der Waals surface area contributed by atoms with Gasteiger partial charge >= 0.3 is 0 Å². The number of rotatable bonds is 5. The molecule has 3 aromatic rings. The number of aromatic nitrogens is 4. The van der Waals surface area contributed by atoms with Gasteiger partial charge in [0, 0.05) is 31.8 Å². The van der Waals surface area contributed by atoms with Crippen molar-refractivity contribution in [1.29, 1.82) is 0 Å². The molecule has 0 amide bonds. The Morgan fingerprint density at radius 1 is 1.24 bits per heavy atom. The van der Waals surface area contributed by atoms with Crippen molar-refractivity contribution in [2.75, 3.05) is 42.1 Å². The Morgan fingerprint density at radius 3 is 2.73 bits per heavy atom. The molecule has 176 valence electrons. The number of sulfonamides is 1. The molecule has 5 heterocycles. The predicted molar refractivity (Wildman–Crippen MR) is 114 cm³/mol. The zero-order valence-electron chi connectivity index (χ0n) is 17.4. The molecule has 2 N–H and O–H groups in total. The van der Waals surface area contributed by atoms with E-state index in [1.807, 2.05) is 0 Å². The van der Waals surface area contributed by atoms with E-state index in [2.05, 4.69) is 25.7 Å². The summed E-state index contributed by atoms with van der Waals surface area (Å²) in [6.07, 6.45) is 0.456. The molecule has 5 rings (SSSR count). The van der Waals surface area contributed by atoms with Gasteiger partial charge in [0.1, 0.15) is 17.6 Å². The summed E-state index contributed by atoms with van der Waals surface area (Å²) in [6, 6.07) is 1.40. The van der Waals surface area contributed by atoms with E-state index in [1.54, 1.807) is 0 Å². The summed E-state index contributed by atoms with van der Waals surface area (Å²) in [7, 11) is -2.20. The lowest BCUT2D eigenvalue weighted by atomic mass is 10.2. The van der Waals surface area contributed by atoms with Crippen molar-refractivity contribution >= 4 is 27.3 Å². The number of pyridine rings is 1. The highest BCUT2D eigenvalue weighted by molar-refractivity contribution is 7.93. The average Bonchev–Trinajstić information content (AvgIpc) is 3.47. The molecule has 2 unspecified atom stereocenters. The van der Waals surface area contributed by atoms with E-state index in [-0.39, 0.29) is 59.8 Å². The van der Waals surface area contributed by atoms with Gasteiger partial charge < -0.3 is 15.4 Å². The first-order valence-electron chi connectivity index (χ1n) is 10.2. The molecular formula is C19H20F3N7O3S. The van der Waals surface area contributed by atoms with Gasteiger partial charge in [-0.3, -0.25) is 0 Å². The van der Waals surface area contributed by atoms with Crippen LogP contribution >= 0.6 is 0 Å². The van der Waals surface area contributed by atoms with Crippen LogP contribution < -0.4 is 19.7 Å². The summed E-state index contributed by atoms with van der Waals surface area (Å²) in [6.45, 7) is 0.604. The number of nitrogens with zero attached hydrogens (tertiary/aromatic N) is 5. The van der Waals surface area contributed by atoms with Crippen molar-refractivity contribution in [3.05, 3.63) is 30.0 Å². The summed E-state index contributed by atoms with van der Waals surface area (Å²) < 4.78 is 75.6. The van der Waals surface area contributed by atoms with Crippen LogP contribution in [0.2, 0.25) is 0 Å². The number of alkyl halides is 1. The molecule has 2 saturated heterocycles. The molecule has 2 aliphatic heterocycles. The van der Waals surface area contributed by atoms with E-state index in [9.17, 15) is 21.6 Å². The average molecular weight is 483 g/mol. The minimum absolute atomic E-state index is 0.0264. The lowest BCUT2D eigenvalue weighted by Gasteiger charge is -2.19. The van der Waals surface area contributed by atoms with E-state index >= 15 is 0 Å². The first-order valence-corrected chi connectivity index (χ1v) is 11.8. The van der Waals surface area contributed by atoms with Crippen LogP contribution in [0.15, 0.2) is 18.3 Å². The monoisotopic (exact) mass is 483 g/mol. The maximum atomic E-state index is 14.8. The predicted octanol–water partition coefficient (Wildman–Crippen LogP) is 1.34. The molecule has 2 aliphatic rings. The Hall–Kier alpha value is -3.13. The molecule has 0 saturated carbocycles. The molecule has 2 fully saturated rings. The smallest absolute Gasteiger partial charge is 0.236 e. The number of hydrogen-bond donors (Lipinski definition) is 2. The fraction of sp³-hybridized carbons (Fsp3) is 0.421. The molecule has 0 bridgehead atoms. The summed E-state index contributed by atoms with van der Waals surface area (Å²) in [5.41, 5.74) is 0.0269. The highest BCUT2D eigenvalue weighted by atomic mass is 32.2. The summed E-state index contributed by atoms with van der Waals surface area (Å²) in [4.78, 5) is 8.22. The van der Waals surface area contributed by atoms with Crippen molar-refractivity contribution in [3.8, 4) is 17.1 Å². The third-order valence-electron chi connectivity index (χ3n) is 5.63. The van der Waals surface area contributed by atoms with Crippen molar-refractivity contribution in [1.82, 2.24) is 24.9 Å². The number of methoxy groups -OCH3 is 1. The lowest BCUT2D eigenvalue weighted by Crippen LogP contribution is -2.30. The fourth-order valence-corrected chi connectivity index (χ4v) is 5.47. The normalized spacial score (nSPS) is 22.2. The van der Waals surface area contributed by atoms with Gasteiger partial charge in [-0.2, -0.15) is 0 Å². The van der Waals surface area contributed by atoms with Gasteiger partial charge in [0.05, 0.1) is 25.1 Å². The number of hydrogen-bond acceptors (Lipinski definition) is 8. The molecule has 0 aromatic carbocycles. The van der Waals surface area contributed by atoms with Crippen molar-refractivity contribution in [2.24, 2.45) is 0 Å². The highest BCUT2D eigenvalue weighted by Crippen LogP contribution is 2.34. The zero-order valence-corrected chi connectivity index (χ0v) is 18.2. The van der Waals surface area contributed by atoms with Gasteiger partial charge in [0.25, 0.3) is 0 Å². The van der Waals surface area contributed by atoms with Crippen LogP contribution in [0.1, 0.15) is 6.42 Å². The molecule has 14 heteroatoms. The van der Waals surface area contributed by atoms with Crippen molar-refractivity contribution in [2.45, 2.75) is 18.6 Å². The van der Waals surface area contributed by atoms with Gasteiger partial charge in [-0.15, -0.1) is 5.10 Å². The Balaban J connectivity index is 1.61. The van der Waals surface area contributed by atoms with Gasteiger partial charge in [-0.25, -0.2) is 40.4 Å². The molecule has 3 aromatic heterocycles. The Morgan fingerprint density at radius 2 is 2.06 bits per heavy atom. The van der Waals surface area contributed by atoms with E-state index in [1.165, 1.54) is 23.9 Å². The van der Waals surface area contributed by atoms with Crippen LogP contribution in [-0.2, 0) is 10.0 Å². The third kappa shape index (κ3) is 3.72. The third-order valence-corrected chi connectivity index (χ3v) is 7.46. The largest absolute Gasteiger partial charge is 0.493 e. The second-order valence-corrected chi connectivity index (χ2v) is 9.78. The van der Waals surface area contributed by atoms with Crippen molar-refractivity contribution < 1.29 is 26.3 Å². The standard InChI is InChI=1S/C19H20F3N7O3S/c1-32-15-6-16-24-9-14(29(16)27-19(15)28-3-2-4-33(28,30)31)17-10(20)5-11(21)18(26-17)25-13-8-23-7-12(13)22/h5-6,9,12-13,23H,2-4,7-8H2,1H3,(H,25,26). The summed E-state index contributed by atoms with van der Waals surface area (Å²) in [5.74, 6) is -2.07.